The second-order valence-corrected chi connectivity index (χ2v) is 7.07. The van der Waals surface area contributed by atoms with Crippen molar-refractivity contribution < 1.29 is 19.7 Å². The molecule has 2 heterocycles. The van der Waals surface area contributed by atoms with Crippen molar-refractivity contribution in [3.8, 4) is 11.5 Å². The van der Waals surface area contributed by atoms with Crippen molar-refractivity contribution in [2.24, 2.45) is 0 Å². The number of phenolic OH excluding ortho intramolecular Hbond substituents is 1. The Bertz CT molecular complexity index is 1090. The lowest BCUT2D eigenvalue weighted by Gasteiger charge is -2.35. The number of ether oxygens (including phenoxy) is 1. The maximum atomic E-state index is 12.7. The van der Waals surface area contributed by atoms with E-state index in [4.69, 9.17) is 10.5 Å². The molecular weight excluding hydrogens is 422 g/mol. The standard InChI is InChI=1S/C21H23N5O4.ClH/c1-30-18-11-16-17(10-14(18)12-27)23-21(24-19(16)22)26-8-6-25(7-9-26)20(29)13-2-4-15(28)5-3-13;/h2-5,10-11,27-28H,6-9,12H2,1H3,(H2,22,23,24);1H. The molecule has 0 bridgehead atoms. The highest BCUT2D eigenvalue weighted by atomic mass is 35.5. The summed E-state index contributed by atoms with van der Waals surface area (Å²) >= 11 is 0. The number of piperazine rings is 1. The van der Waals surface area contributed by atoms with Gasteiger partial charge in [-0.2, -0.15) is 4.98 Å². The fourth-order valence-corrected chi connectivity index (χ4v) is 3.56. The van der Waals surface area contributed by atoms with Crippen molar-refractivity contribution in [1.82, 2.24) is 14.9 Å². The number of nitrogen functional groups attached to an aromatic ring is 1. The summed E-state index contributed by atoms with van der Waals surface area (Å²) in [4.78, 5) is 25.5. The van der Waals surface area contributed by atoms with Crippen molar-refractivity contribution in [1.29, 1.82) is 0 Å². The number of carbonyl (C=O) groups is 1. The van der Waals surface area contributed by atoms with Crippen LogP contribution in [0.2, 0.25) is 0 Å². The summed E-state index contributed by atoms with van der Waals surface area (Å²) in [5.74, 6) is 1.42. The first-order valence-electron chi connectivity index (χ1n) is 9.58. The molecule has 0 spiro atoms. The van der Waals surface area contributed by atoms with E-state index in [0.29, 0.717) is 65.7 Å². The molecule has 31 heavy (non-hydrogen) atoms. The van der Waals surface area contributed by atoms with Gasteiger partial charge in [0.05, 0.1) is 19.2 Å². The summed E-state index contributed by atoms with van der Waals surface area (Å²) in [6, 6.07) is 9.72. The van der Waals surface area contributed by atoms with Crippen LogP contribution in [0.4, 0.5) is 11.8 Å². The van der Waals surface area contributed by atoms with E-state index in [0.717, 1.165) is 0 Å². The second kappa shape index (κ2) is 9.23. The number of nitrogens with two attached hydrogens (primary N) is 1. The van der Waals surface area contributed by atoms with Gasteiger partial charge in [-0.15, -0.1) is 12.4 Å². The van der Waals surface area contributed by atoms with Crippen molar-refractivity contribution >= 4 is 41.0 Å². The van der Waals surface area contributed by atoms with E-state index in [1.165, 1.54) is 19.2 Å². The predicted octanol–water partition coefficient (Wildman–Crippen LogP) is 1.80. The molecule has 1 aromatic heterocycles. The molecule has 1 fully saturated rings. The van der Waals surface area contributed by atoms with Gasteiger partial charge >= 0.3 is 0 Å². The molecule has 1 aliphatic rings. The number of aliphatic hydroxyl groups is 1. The first-order valence-corrected chi connectivity index (χ1v) is 9.58. The van der Waals surface area contributed by atoms with E-state index in [-0.39, 0.29) is 30.7 Å². The molecule has 1 saturated heterocycles. The SMILES string of the molecule is COc1cc2c(N)nc(N3CCN(C(=O)c4ccc(O)cc4)CC3)nc2cc1CO.Cl. The van der Waals surface area contributed by atoms with E-state index < -0.39 is 0 Å². The molecule has 0 atom stereocenters. The van der Waals surface area contributed by atoms with Gasteiger partial charge in [-0.1, -0.05) is 0 Å². The fraction of sp³-hybridized carbons (Fsp3) is 0.286. The van der Waals surface area contributed by atoms with E-state index >= 15 is 0 Å². The van der Waals surface area contributed by atoms with Gasteiger partial charge < -0.3 is 30.5 Å². The van der Waals surface area contributed by atoms with Crippen LogP contribution in [0, 0.1) is 0 Å². The monoisotopic (exact) mass is 445 g/mol. The summed E-state index contributed by atoms with van der Waals surface area (Å²) in [5, 5.41) is 19.6. The average Bonchev–Trinajstić information content (AvgIpc) is 2.78. The van der Waals surface area contributed by atoms with E-state index in [1.54, 1.807) is 29.2 Å². The normalized spacial score (nSPS) is 13.7. The van der Waals surface area contributed by atoms with Crippen LogP contribution in [0.3, 0.4) is 0 Å². The predicted molar refractivity (Wildman–Crippen MR) is 120 cm³/mol. The maximum absolute atomic E-state index is 12.7. The molecule has 10 heteroatoms. The molecule has 4 N–H and O–H groups in total. The number of anilines is 2. The van der Waals surface area contributed by atoms with E-state index in [2.05, 4.69) is 9.97 Å². The van der Waals surface area contributed by atoms with Crippen molar-refractivity contribution in [2.45, 2.75) is 6.61 Å². The number of methoxy groups -OCH3 is 1. The van der Waals surface area contributed by atoms with Gasteiger partial charge in [-0.25, -0.2) is 4.98 Å². The Hall–Kier alpha value is -3.30. The molecule has 1 amide bonds. The molecule has 9 nitrogen and oxygen atoms in total. The van der Waals surface area contributed by atoms with Gasteiger partial charge in [-0.05, 0) is 36.4 Å². The Balaban J connectivity index is 0.00000272. The van der Waals surface area contributed by atoms with Gasteiger partial charge in [-0.3, -0.25) is 4.79 Å². The summed E-state index contributed by atoms with van der Waals surface area (Å²) in [6.45, 7) is 2.00. The highest BCUT2D eigenvalue weighted by Gasteiger charge is 2.24. The smallest absolute Gasteiger partial charge is 0.253 e. The number of aromatic hydroxyl groups is 1. The third-order valence-corrected chi connectivity index (χ3v) is 5.25. The molecule has 0 unspecified atom stereocenters. The van der Waals surface area contributed by atoms with Crippen LogP contribution >= 0.6 is 12.4 Å². The van der Waals surface area contributed by atoms with Gasteiger partial charge in [0.15, 0.2) is 0 Å². The van der Waals surface area contributed by atoms with Gasteiger partial charge in [0.25, 0.3) is 5.91 Å². The number of fused-ring (bicyclic) bond motifs is 1. The van der Waals surface area contributed by atoms with E-state index in [1.807, 2.05) is 4.90 Å². The minimum absolute atomic E-state index is 0. The van der Waals surface area contributed by atoms with Crippen LogP contribution in [0.1, 0.15) is 15.9 Å². The number of carbonyl (C=O) groups excluding carboxylic acids is 1. The molecule has 0 aliphatic carbocycles. The fourth-order valence-electron chi connectivity index (χ4n) is 3.56. The summed E-state index contributed by atoms with van der Waals surface area (Å²) in [6.07, 6.45) is 0. The maximum Gasteiger partial charge on any atom is 0.253 e. The number of hydrogen-bond donors (Lipinski definition) is 3. The van der Waals surface area contributed by atoms with Crippen LogP contribution in [-0.4, -0.2) is 64.3 Å². The lowest BCUT2D eigenvalue weighted by Crippen LogP contribution is -2.49. The number of nitrogens with zero attached hydrogens (tertiary/aromatic N) is 4. The average molecular weight is 446 g/mol. The summed E-state index contributed by atoms with van der Waals surface area (Å²) in [5.41, 5.74) is 7.95. The largest absolute Gasteiger partial charge is 0.508 e. The highest BCUT2D eigenvalue weighted by molar-refractivity contribution is 5.94. The number of phenols is 1. The number of aromatic nitrogens is 2. The minimum Gasteiger partial charge on any atom is -0.508 e. The Kier molecular flexibility index (Phi) is 6.67. The number of halogens is 1. The second-order valence-electron chi connectivity index (χ2n) is 7.07. The highest BCUT2D eigenvalue weighted by Crippen LogP contribution is 2.29. The molecule has 4 rings (SSSR count). The molecule has 0 saturated carbocycles. The van der Waals surface area contributed by atoms with Crippen LogP contribution in [0.15, 0.2) is 36.4 Å². The topological polar surface area (TPSA) is 125 Å². The van der Waals surface area contributed by atoms with Crippen LogP contribution in [0.25, 0.3) is 10.9 Å². The van der Waals surface area contributed by atoms with Crippen LogP contribution in [0.5, 0.6) is 11.5 Å². The van der Waals surface area contributed by atoms with Gasteiger partial charge in [0.2, 0.25) is 5.95 Å². The Morgan fingerprint density at radius 3 is 2.42 bits per heavy atom. The minimum atomic E-state index is -0.170. The summed E-state index contributed by atoms with van der Waals surface area (Å²) in [7, 11) is 1.53. The Morgan fingerprint density at radius 2 is 1.81 bits per heavy atom. The van der Waals surface area contributed by atoms with Gasteiger partial charge in [0, 0.05) is 42.7 Å². The molecule has 2 aromatic carbocycles. The van der Waals surface area contributed by atoms with Crippen LogP contribution < -0.4 is 15.4 Å². The van der Waals surface area contributed by atoms with Crippen molar-refractivity contribution in [3.63, 3.8) is 0 Å². The number of rotatable bonds is 4. The molecule has 164 valence electrons. The van der Waals surface area contributed by atoms with Gasteiger partial charge in [0.1, 0.15) is 17.3 Å². The number of hydrogen-bond acceptors (Lipinski definition) is 8. The van der Waals surface area contributed by atoms with Crippen LogP contribution in [-0.2, 0) is 6.61 Å². The molecule has 0 radical (unpaired) electrons. The Morgan fingerprint density at radius 1 is 1.13 bits per heavy atom. The van der Waals surface area contributed by atoms with Crippen molar-refractivity contribution in [3.05, 3.63) is 47.5 Å². The Labute approximate surface area is 185 Å². The first-order chi connectivity index (χ1) is 14.5. The lowest BCUT2D eigenvalue weighted by atomic mass is 10.1. The molecule has 3 aromatic rings. The number of amides is 1. The third-order valence-electron chi connectivity index (χ3n) is 5.25. The van der Waals surface area contributed by atoms with E-state index in [9.17, 15) is 15.0 Å². The number of benzene rings is 2. The summed E-state index contributed by atoms with van der Waals surface area (Å²) < 4.78 is 5.29. The number of aliphatic hydroxyl groups excluding tert-OH is 1. The quantitative estimate of drug-likeness (QED) is 0.555. The first kappa shape index (κ1) is 22.4. The zero-order valence-corrected chi connectivity index (χ0v) is 17.8. The molecule has 1 aliphatic heterocycles. The third kappa shape index (κ3) is 4.42. The zero-order valence-electron chi connectivity index (χ0n) is 17.0. The van der Waals surface area contributed by atoms with Crippen molar-refractivity contribution in [2.75, 3.05) is 43.9 Å². The molecular formula is C21H24ClN5O4. The zero-order chi connectivity index (χ0) is 21.3. The lowest BCUT2D eigenvalue weighted by molar-refractivity contribution is 0.0746.